The molecule has 0 radical (unpaired) electrons. The summed E-state index contributed by atoms with van der Waals surface area (Å²) in [5.41, 5.74) is 5.51. The molecule has 1 saturated heterocycles. The Kier molecular flexibility index (Phi) is 5.64. The zero-order chi connectivity index (χ0) is 20.8. The highest BCUT2D eigenvalue weighted by molar-refractivity contribution is 9.10. The van der Waals surface area contributed by atoms with Crippen LogP contribution in [0.3, 0.4) is 0 Å². The van der Waals surface area contributed by atoms with E-state index >= 15 is 0 Å². The van der Waals surface area contributed by atoms with Crippen LogP contribution >= 0.6 is 15.9 Å². The molecule has 4 nitrogen and oxygen atoms in total. The van der Waals surface area contributed by atoms with Crippen molar-refractivity contribution in [2.75, 3.05) is 18.0 Å². The maximum atomic E-state index is 12.2. The molecule has 29 heavy (non-hydrogen) atoms. The van der Waals surface area contributed by atoms with Crippen LogP contribution in [0.5, 0.6) is 0 Å². The first-order valence-corrected chi connectivity index (χ1v) is 12.3. The van der Waals surface area contributed by atoms with Crippen LogP contribution in [0.15, 0.2) is 41.1 Å². The van der Waals surface area contributed by atoms with Gasteiger partial charge in [-0.1, -0.05) is 24.3 Å². The average Bonchev–Trinajstić information content (AvgIpc) is 2.97. The predicted octanol–water partition coefficient (Wildman–Crippen LogP) is 4.87. The van der Waals surface area contributed by atoms with Crippen molar-refractivity contribution < 1.29 is 4.21 Å². The van der Waals surface area contributed by atoms with E-state index in [1.807, 2.05) is 20.0 Å². The highest BCUT2D eigenvalue weighted by Crippen LogP contribution is 2.56. The van der Waals surface area contributed by atoms with Crippen molar-refractivity contribution >= 4 is 32.6 Å². The first-order chi connectivity index (χ1) is 13.7. The minimum atomic E-state index is -1.33. The Morgan fingerprint density at radius 2 is 2.00 bits per heavy atom. The number of anilines is 1. The van der Waals surface area contributed by atoms with E-state index in [1.165, 1.54) is 22.4 Å². The number of fused-ring (bicyclic) bond motifs is 1. The molecule has 156 valence electrons. The number of halogens is 1. The largest absolute Gasteiger partial charge is 0.370 e. The highest BCUT2D eigenvalue weighted by atomic mass is 79.9. The number of piperidine rings is 1. The van der Waals surface area contributed by atoms with E-state index < -0.39 is 11.0 Å². The molecule has 1 unspecified atom stereocenters. The fourth-order valence-electron chi connectivity index (χ4n) is 5.22. The summed E-state index contributed by atoms with van der Waals surface area (Å²) in [6.45, 7) is 8.23. The maximum Gasteiger partial charge on any atom is 0.109 e. The smallest absolute Gasteiger partial charge is 0.109 e. The van der Waals surface area contributed by atoms with Crippen molar-refractivity contribution in [1.29, 1.82) is 0 Å². The predicted molar refractivity (Wildman–Crippen MR) is 124 cm³/mol. The minimum Gasteiger partial charge on any atom is -0.370 e. The molecule has 1 aliphatic carbocycles. The summed E-state index contributed by atoms with van der Waals surface area (Å²) >= 11 is 3.50. The van der Waals surface area contributed by atoms with Crippen LogP contribution in [0.25, 0.3) is 0 Å². The van der Waals surface area contributed by atoms with Gasteiger partial charge >= 0.3 is 0 Å². The number of benzene rings is 1. The van der Waals surface area contributed by atoms with Crippen LogP contribution in [0.1, 0.15) is 55.7 Å². The molecule has 1 spiro atoms. The zero-order valence-electron chi connectivity index (χ0n) is 17.5. The Morgan fingerprint density at radius 3 is 2.66 bits per heavy atom. The summed E-state index contributed by atoms with van der Waals surface area (Å²) in [5, 5.41) is 5.86. The van der Waals surface area contributed by atoms with Crippen molar-refractivity contribution in [2.24, 2.45) is 10.6 Å². The Labute approximate surface area is 185 Å². The Bertz CT molecular complexity index is 937. The molecule has 1 aromatic carbocycles. The molecular formula is C23H30BrN3OS. The summed E-state index contributed by atoms with van der Waals surface area (Å²) in [6, 6.07) is 11.1. The molecular weight excluding hydrogens is 446 g/mol. The number of nitrogens with zero attached hydrogens (tertiary/aromatic N) is 2. The molecule has 1 fully saturated rings. The van der Waals surface area contributed by atoms with Gasteiger partial charge < -0.3 is 4.90 Å². The molecule has 2 aliphatic rings. The van der Waals surface area contributed by atoms with Crippen molar-refractivity contribution in [1.82, 2.24) is 4.98 Å². The molecule has 0 amide bonds. The standard InChI is InChI=1S/C23H30BrN3OS/c1-16-12-18(15-26-21(16)24)27-10-8-23(9-11-27)13-17-6-4-5-7-19(17)20(23)14-22(2,3)29(25)28/h4-7,12,15,20H,8-11,13-14,25H2,1-3H3/t20-,29?/m1/s1. The van der Waals surface area contributed by atoms with Crippen LogP contribution < -0.4 is 10.0 Å². The molecule has 0 bridgehead atoms. The van der Waals surface area contributed by atoms with Gasteiger partial charge in [-0.2, -0.15) is 0 Å². The van der Waals surface area contributed by atoms with Gasteiger partial charge in [-0.3, -0.25) is 5.14 Å². The molecule has 1 aromatic heterocycles. The number of pyridine rings is 1. The lowest BCUT2D eigenvalue weighted by molar-refractivity contribution is 0.171. The van der Waals surface area contributed by atoms with Crippen LogP contribution in [0, 0.1) is 12.3 Å². The topological polar surface area (TPSA) is 59.2 Å². The summed E-state index contributed by atoms with van der Waals surface area (Å²) in [6.07, 6.45) is 6.22. The SMILES string of the molecule is Cc1cc(N2CCC3(CC2)Cc2ccccc2[C@H]3CC(C)(C)S(N)=O)cnc1Br. The first-order valence-electron chi connectivity index (χ1n) is 10.3. The molecule has 6 heteroatoms. The lowest BCUT2D eigenvalue weighted by Gasteiger charge is -2.45. The molecule has 2 heterocycles. The Morgan fingerprint density at radius 1 is 1.31 bits per heavy atom. The maximum absolute atomic E-state index is 12.2. The lowest BCUT2D eigenvalue weighted by atomic mass is 9.66. The second kappa shape index (κ2) is 7.78. The molecule has 0 saturated carbocycles. The summed E-state index contributed by atoms with van der Waals surface area (Å²) < 4.78 is 12.7. The van der Waals surface area contributed by atoms with Crippen LogP contribution in [0.2, 0.25) is 0 Å². The number of aromatic nitrogens is 1. The van der Waals surface area contributed by atoms with Gasteiger partial charge in [0.25, 0.3) is 0 Å². The minimum absolute atomic E-state index is 0.231. The third-order valence-corrected chi connectivity index (χ3v) is 9.16. The second-order valence-electron chi connectivity index (χ2n) is 9.34. The fraction of sp³-hybridized carbons (Fsp3) is 0.522. The van der Waals surface area contributed by atoms with E-state index in [0.717, 1.165) is 43.4 Å². The van der Waals surface area contributed by atoms with Gasteiger partial charge in [0.15, 0.2) is 0 Å². The van der Waals surface area contributed by atoms with Gasteiger partial charge in [0, 0.05) is 13.1 Å². The zero-order valence-corrected chi connectivity index (χ0v) is 19.9. The number of aryl methyl sites for hydroxylation is 1. The van der Waals surface area contributed by atoms with Crippen molar-refractivity contribution in [2.45, 2.75) is 57.1 Å². The first kappa shape index (κ1) is 21.0. The molecule has 2 N–H and O–H groups in total. The van der Waals surface area contributed by atoms with E-state index in [0.29, 0.717) is 5.92 Å². The molecule has 4 rings (SSSR count). The quantitative estimate of drug-likeness (QED) is 0.641. The average molecular weight is 476 g/mol. The van der Waals surface area contributed by atoms with Crippen LogP contribution in [-0.4, -0.2) is 27.0 Å². The van der Waals surface area contributed by atoms with Gasteiger partial charge in [0.05, 0.1) is 27.6 Å². The summed E-state index contributed by atoms with van der Waals surface area (Å²) in [4.78, 5) is 6.95. The van der Waals surface area contributed by atoms with E-state index in [-0.39, 0.29) is 10.2 Å². The third-order valence-electron chi connectivity index (χ3n) is 7.08. The second-order valence-corrected chi connectivity index (χ2v) is 11.8. The number of nitrogens with two attached hydrogens (primary N) is 1. The van der Waals surface area contributed by atoms with E-state index in [9.17, 15) is 4.21 Å². The summed E-state index contributed by atoms with van der Waals surface area (Å²) in [7, 11) is -1.33. The van der Waals surface area contributed by atoms with Gasteiger partial charge in [-0.05, 0) is 96.5 Å². The summed E-state index contributed by atoms with van der Waals surface area (Å²) in [5.74, 6) is 0.410. The van der Waals surface area contributed by atoms with Crippen molar-refractivity contribution in [3.8, 4) is 0 Å². The number of hydrogen-bond acceptors (Lipinski definition) is 3. The van der Waals surface area contributed by atoms with Crippen molar-refractivity contribution in [3.05, 3.63) is 57.8 Å². The van der Waals surface area contributed by atoms with E-state index in [2.05, 4.69) is 63.1 Å². The molecule has 2 aromatic rings. The number of hydrogen-bond donors (Lipinski definition) is 1. The van der Waals surface area contributed by atoms with Crippen LogP contribution in [0.4, 0.5) is 5.69 Å². The fourth-order valence-corrected chi connectivity index (χ4v) is 5.77. The third kappa shape index (κ3) is 3.91. The van der Waals surface area contributed by atoms with Crippen LogP contribution in [-0.2, 0) is 17.4 Å². The van der Waals surface area contributed by atoms with Gasteiger partial charge in [0.2, 0.25) is 0 Å². The monoisotopic (exact) mass is 475 g/mol. The van der Waals surface area contributed by atoms with E-state index in [1.54, 1.807) is 0 Å². The lowest BCUT2D eigenvalue weighted by Crippen LogP contribution is -2.44. The molecule has 1 aliphatic heterocycles. The Hall–Kier alpha value is -1.24. The van der Waals surface area contributed by atoms with Crippen molar-refractivity contribution in [3.63, 3.8) is 0 Å². The highest BCUT2D eigenvalue weighted by Gasteiger charge is 2.49. The van der Waals surface area contributed by atoms with Gasteiger partial charge in [-0.25, -0.2) is 9.19 Å². The normalized spacial score (nSPS) is 22.0. The molecule has 2 atom stereocenters. The Balaban J connectivity index is 1.59. The van der Waals surface area contributed by atoms with Gasteiger partial charge in [0.1, 0.15) is 4.60 Å². The van der Waals surface area contributed by atoms with Gasteiger partial charge in [-0.15, -0.1) is 0 Å². The number of rotatable bonds is 4. The van der Waals surface area contributed by atoms with E-state index in [4.69, 9.17) is 5.14 Å².